The van der Waals surface area contributed by atoms with Crippen molar-refractivity contribution in [1.82, 2.24) is 77.4 Å². The van der Waals surface area contributed by atoms with Gasteiger partial charge in [0, 0.05) is 158 Å². The van der Waals surface area contributed by atoms with Crippen LogP contribution in [0.5, 0.6) is 0 Å². The zero-order valence-electron chi connectivity index (χ0n) is 66.5. The molecule has 0 atom stereocenters. The van der Waals surface area contributed by atoms with Gasteiger partial charge in [0.15, 0.2) is 5.65 Å². The van der Waals surface area contributed by atoms with Crippen LogP contribution in [-0.2, 0) is 51.4 Å². The second-order valence-electron chi connectivity index (χ2n) is 34.0. The van der Waals surface area contributed by atoms with Crippen molar-refractivity contribution >= 4 is 110 Å². The van der Waals surface area contributed by atoms with Crippen molar-refractivity contribution in [3.63, 3.8) is 0 Å². The summed E-state index contributed by atoms with van der Waals surface area (Å²) in [5, 5.41) is 11.4. The Balaban J connectivity index is 0.0000000828. The van der Waals surface area contributed by atoms with E-state index in [1.165, 1.54) is 178 Å². The highest BCUT2D eigenvalue weighted by Gasteiger charge is 2.39. The summed E-state index contributed by atoms with van der Waals surface area (Å²) < 4.78 is 9.25. The SMILES string of the molecule is c1ccc2c(c1)Cc1c-2ccc2c1-c1nc3c4cccnc4c4ccncc4n3c1C2.c1ccc2c(c1)Cc1c-2ccc2c1-c1nc3c4ccncc4c4ccncc4n3c1C2.c1ccc2c(c1)Cc1c-2ccc2c1-c1nc3c4cnccc4c4ccncc4n3c1C2.c1ccc2c(c1)Cc1c-2ccc2c1-c1nc3c4ncccc4c4ccncc4n3c1C2. The molecule has 16 heterocycles. The smallest absolute Gasteiger partial charge is 0.164 e. The second kappa shape index (κ2) is 24.7. The molecule has 8 aliphatic carbocycles. The third kappa shape index (κ3) is 8.98. The number of aromatic nitrogens is 16. The lowest BCUT2D eigenvalue weighted by molar-refractivity contribution is 1.08. The van der Waals surface area contributed by atoms with E-state index in [1.54, 1.807) is 0 Å². The van der Waals surface area contributed by atoms with Gasteiger partial charge in [0.2, 0.25) is 0 Å². The molecule has 32 rings (SSSR count). The number of hydrogen-bond donors (Lipinski definition) is 0. The van der Waals surface area contributed by atoms with Gasteiger partial charge in [0.05, 0.1) is 97.9 Å². The van der Waals surface area contributed by atoms with E-state index in [9.17, 15) is 0 Å². The average Bonchev–Trinajstić information content (AvgIpc) is 1.55. The quantitative estimate of drug-likeness (QED) is 0.132. The monoisotopic (exact) mass is 1580 g/mol. The van der Waals surface area contributed by atoms with Gasteiger partial charge in [-0.25, -0.2) is 19.9 Å². The molecule has 0 saturated carbocycles. The molecular weight excluding hydrogens is 1520 g/mol. The summed E-state index contributed by atoms with van der Waals surface area (Å²) in [6, 6.07) is 74.2. The fraction of sp³-hybridized carbons (Fsp3) is 0.0741. The van der Waals surface area contributed by atoms with Gasteiger partial charge in [-0.15, -0.1) is 0 Å². The van der Waals surface area contributed by atoms with E-state index in [0.29, 0.717) is 0 Å². The Morgan fingerprint density at radius 1 is 0.194 bits per heavy atom. The van der Waals surface area contributed by atoms with Crippen LogP contribution < -0.4 is 0 Å². The van der Waals surface area contributed by atoms with Crippen LogP contribution in [-0.4, -0.2) is 77.4 Å². The highest BCUT2D eigenvalue weighted by molar-refractivity contribution is 6.16. The van der Waals surface area contributed by atoms with Gasteiger partial charge < -0.3 is 0 Å². The lowest BCUT2D eigenvalue weighted by Crippen LogP contribution is -1.97. The lowest BCUT2D eigenvalue weighted by Gasteiger charge is -2.10. The number of hydrogen-bond acceptors (Lipinski definition) is 12. The minimum absolute atomic E-state index is 0.887. The van der Waals surface area contributed by atoms with Crippen molar-refractivity contribution in [2.24, 2.45) is 0 Å². The maximum Gasteiger partial charge on any atom is 0.164 e. The van der Waals surface area contributed by atoms with Crippen molar-refractivity contribution in [3.8, 4) is 89.5 Å². The number of imidazole rings is 4. The van der Waals surface area contributed by atoms with E-state index in [0.717, 1.165) is 162 Å². The zero-order valence-corrected chi connectivity index (χ0v) is 66.5. The molecule has 0 bridgehead atoms. The summed E-state index contributed by atoms with van der Waals surface area (Å²) in [5.74, 6) is 0. The van der Waals surface area contributed by atoms with Gasteiger partial charge in [0.25, 0.3) is 0 Å². The Bertz CT molecular complexity index is 8010. The molecule has 0 unspecified atom stereocenters. The minimum Gasteiger partial charge on any atom is -0.294 e. The first-order valence-corrected chi connectivity index (χ1v) is 42.5. The van der Waals surface area contributed by atoms with E-state index in [-0.39, 0.29) is 0 Å². The van der Waals surface area contributed by atoms with Gasteiger partial charge >= 0.3 is 0 Å². The molecule has 16 nitrogen and oxygen atoms in total. The third-order valence-corrected chi connectivity index (χ3v) is 28.0. The van der Waals surface area contributed by atoms with Crippen molar-refractivity contribution in [3.05, 3.63) is 383 Å². The van der Waals surface area contributed by atoms with E-state index in [4.69, 9.17) is 29.9 Å². The normalized spacial score (nSPS) is 13.5. The molecule has 0 amide bonds. The Hall–Kier alpha value is -16.2. The van der Waals surface area contributed by atoms with Crippen LogP contribution >= 0.6 is 0 Å². The van der Waals surface area contributed by atoms with Crippen molar-refractivity contribution < 1.29 is 0 Å². The predicted molar refractivity (Wildman–Crippen MR) is 489 cm³/mol. The van der Waals surface area contributed by atoms with Crippen LogP contribution in [0.1, 0.15) is 89.5 Å². The van der Waals surface area contributed by atoms with Crippen LogP contribution in [0.4, 0.5) is 0 Å². The van der Waals surface area contributed by atoms with E-state index >= 15 is 0 Å². The number of fused-ring (bicyclic) bond motifs is 56. The Morgan fingerprint density at radius 3 is 0.944 bits per heavy atom. The van der Waals surface area contributed by atoms with Gasteiger partial charge in [0.1, 0.15) is 22.5 Å². The third-order valence-electron chi connectivity index (χ3n) is 28.0. The number of nitrogens with zero attached hydrogens (tertiary/aromatic N) is 16. The summed E-state index contributed by atoms with van der Waals surface area (Å²) in [4.78, 5) is 57.0. The molecule has 0 aliphatic heterocycles. The molecule has 0 spiro atoms. The number of pyridine rings is 12. The Morgan fingerprint density at radius 2 is 0.508 bits per heavy atom. The van der Waals surface area contributed by atoms with Gasteiger partial charge in [-0.2, -0.15) is 0 Å². The molecule has 124 heavy (non-hydrogen) atoms. The average molecular weight is 1590 g/mol. The highest BCUT2D eigenvalue weighted by atomic mass is 15.1. The molecule has 576 valence electrons. The van der Waals surface area contributed by atoms with Gasteiger partial charge in [-0.1, -0.05) is 152 Å². The van der Waals surface area contributed by atoms with Crippen molar-refractivity contribution in [1.29, 1.82) is 0 Å². The molecule has 0 saturated heterocycles. The highest BCUT2D eigenvalue weighted by Crippen LogP contribution is 2.55. The topological polar surface area (TPSA) is 172 Å². The fourth-order valence-corrected chi connectivity index (χ4v) is 22.9. The number of benzene rings is 8. The maximum atomic E-state index is 5.26. The van der Waals surface area contributed by atoms with E-state index in [1.807, 2.05) is 98.9 Å². The molecule has 0 fully saturated rings. The lowest BCUT2D eigenvalue weighted by atomic mass is 9.97. The zero-order chi connectivity index (χ0) is 80.4. The predicted octanol–water partition coefficient (Wildman–Crippen LogP) is 22.3. The van der Waals surface area contributed by atoms with Gasteiger partial charge in [-0.05, 0) is 197 Å². The minimum atomic E-state index is 0.887. The van der Waals surface area contributed by atoms with Crippen molar-refractivity contribution in [2.45, 2.75) is 51.4 Å². The first-order chi connectivity index (χ1) is 61.5. The summed E-state index contributed by atoms with van der Waals surface area (Å²) in [7, 11) is 0. The molecule has 0 radical (unpaired) electrons. The standard InChI is InChI=1S/4C27H16N4/c1-2-5-17-15(4-1)12-21-18(17)8-7-16-13-22-26(24(16)21)30-27-20-6-3-10-29-25(20)19-9-11-28-14-23(19)31(22)27;1-2-5-17-15(4-1)12-21-18(17)8-7-16-13-22-26(24(16)21)30-27-25-20(6-3-10-29-25)19-9-11-28-14-23(19)31(22)27;1-2-4-17-15(3-1)11-21-18(17)6-5-16-12-23-26(25(16)21)30-27-20-8-10-28-13-22(20)19-7-9-29-14-24(19)31(23)27;1-2-4-17-15(3-1)11-21-18(17)6-5-16-12-23-26(25(16)21)30-27-22-13-28-9-7-19(22)20-8-10-29-14-24(20)31(23)27/h2*1-11,14H,12-13H2;2*1-10,13-14H,11-12H2. The molecule has 16 heteroatoms. The van der Waals surface area contributed by atoms with Crippen LogP contribution in [0.2, 0.25) is 0 Å². The maximum absolute atomic E-state index is 5.26. The van der Waals surface area contributed by atoms with E-state index < -0.39 is 0 Å². The molecule has 24 aromatic rings. The first-order valence-electron chi connectivity index (χ1n) is 42.5. The molecule has 8 aliphatic rings. The first kappa shape index (κ1) is 66.7. The summed E-state index contributed by atoms with van der Waals surface area (Å²) >= 11 is 0. The van der Waals surface area contributed by atoms with Crippen molar-refractivity contribution in [2.75, 3.05) is 0 Å². The van der Waals surface area contributed by atoms with Crippen LogP contribution in [0.25, 0.3) is 199 Å². The van der Waals surface area contributed by atoms with Crippen LogP contribution in [0.3, 0.4) is 0 Å². The summed E-state index contributed by atoms with van der Waals surface area (Å²) in [6.45, 7) is 0. The summed E-state index contributed by atoms with van der Waals surface area (Å²) in [5.41, 5.74) is 52.8. The van der Waals surface area contributed by atoms with E-state index in [2.05, 4.69) is 242 Å². The Labute approximate surface area is 706 Å². The van der Waals surface area contributed by atoms with Gasteiger partial charge in [-0.3, -0.25) is 57.5 Å². The van der Waals surface area contributed by atoms with Crippen LogP contribution in [0.15, 0.2) is 293 Å². The second-order valence-corrected chi connectivity index (χ2v) is 34.0. The molecular formula is C108H64N16. The largest absolute Gasteiger partial charge is 0.294 e. The molecule has 0 N–H and O–H groups in total. The fourth-order valence-electron chi connectivity index (χ4n) is 22.9. The van der Waals surface area contributed by atoms with Crippen LogP contribution in [0, 0.1) is 0 Å². The summed E-state index contributed by atoms with van der Waals surface area (Å²) in [6.07, 6.45) is 34.1. The number of rotatable bonds is 0. The molecule has 8 aromatic carbocycles. The Kier molecular flexibility index (Phi) is 13.3. The molecule has 16 aromatic heterocycles.